The van der Waals surface area contributed by atoms with Crippen LogP contribution >= 0.6 is 23.6 Å². The van der Waals surface area contributed by atoms with Crippen molar-refractivity contribution < 1.29 is 4.74 Å². The van der Waals surface area contributed by atoms with E-state index in [9.17, 15) is 0 Å². The molecule has 0 aliphatic heterocycles. The highest BCUT2D eigenvalue weighted by molar-refractivity contribution is 7.71. The van der Waals surface area contributed by atoms with Crippen LogP contribution in [0.15, 0.2) is 24.3 Å². The van der Waals surface area contributed by atoms with Crippen molar-refractivity contribution in [3.05, 3.63) is 39.3 Å². The second-order valence-electron chi connectivity index (χ2n) is 4.81. The molecule has 5 heteroatoms. The third kappa shape index (κ3) is 2.47. The summed E-state index contributed by atoms with van der Waals surface area (Å²) in [5, 5.41) is 1.10. The molecule has 0 unspecified atom stereocenters. The monoisotopic (exact) mass is 316 g/mol. The number of thiophene rings is 1. The van der Waals surface area contributed by atoms with Gasteiger partial charge in [-0.2, -0.15) is 0 Å². The molecule has 21 heavy (non-hydrogen) atoms. The highest BCUT2D eigenvalue weighted by Crippen LogP contribution is 2.32. The Morgan fingerprint density at radius 3 is 2.62 bits per heavy atom. The van der Waals surface area contributed by atoms with E-state index in [1.807, 2.05) is 24.3 Å². The van der Waals surface area contributed by atoms with Crippen LogP contribution in [0.4, 0.5) is 0 Å². The number of nitrogens with zero attached hydrogens (tertiary/aromatic N) is 1. The Morgan fingerprint density at radius 1 is 1.29 bits per heavy atom. The molecule has 0 fully saturated rings. The molecule has 2 aromatic heterocycles. The standard InChI is InChI=1S/C16H16N2OS2/c1-4-12-9(2)21-16-13(12)15(20)17-14(18-16)10-5-7-11(19-3)8-6-10/h5-8H,4H2,1-3H3,(H,17,18,20). The highest BCUT2D eigenvalue weighted by Gasteiger charge is 2.12. The van der Waals surface area contributed by atoms with E-state index in [1.165, 1.54) is 10.4 Å². The number of aryl methyl sites for hydroxylation is 2. The van der Waals surface area contributed by atoms with E-state index in [0.29, 0.717) is 0 Å². The van der Waals surface area contributed by atoms with Crippen molar-refractivity contribution in [3.63, 3.8) is 0 Å². The van der Waals surface area contributed by atoms with Gasteiger partial charge in [0.2, 0.25) is 0 Å². The maximum atomic E-state index is 5.54. The van der Waals surface area contributed by atoms with Gasteiger partial charge in [0.05, 0.1) is 7.11 Å². The molecule has 3 aromatic rings. The largest absolute Gasteiger partial charge is 0.497 e. The van der Waals surface area contributed by atoms with Crippen LogP contribution < -0.4 is 4.74 Å². The number of aromatic amines is 1. The molecule has 108 valence electrons. The van der Waals surface area contributed by atoms with E-state index in [-0.39, 0.29) is 0 Å². The first-order chi connectivity index (χ1) is 10.1. The molecule has 0 saturated carbocycles. The number of fused-ring (bicyclic) bond motifs is 1. The fraction of sp³-hybridized carbons (Fsp3) is 0.250. The minimum atomic E-state index is 0.770. The predicted octanol–water partition coefficient (Wildman–Crippen LogP) is 4.90. The summed E-state index contributed by atoms with van der Waals surface area (Å²) in [4.78, 5) is 10.3. The third-order valence-corrected chi connectivity index (χ3v) is 4.93. The zero-order valence-electron chi connectivity index (χ0n) is 12.2. The summed E-state index contributed by atoms with van der Waals surface area (Å²) in [7, 11) is 1.66. The minimum Gasteiger partial charge on any atom is -0.497 e. The molecule has 0 atom stereocenters. The topological polar surface area (TPSA) is 37.9 Å². The van der Waals surface area contributed by atoms with Gasteiger partial charge in [-0.15, -0.1) is 11.3 Å². The number of methoxy groups -OCH3 is 1. The van der Waals surface area contributed by atoms with Crippen LogP contribution in [0.2, 0.25) is 0 Å². The van der Waals surface area contributed by atoms with E-state index in [0.717, 1.165) is 38.4 Å². The number of hydrogen-bond acceptors (Lipinski definition) is 4. The van der Waals surface area contributed by atoms with Crippen LogP contribution in [-0.4, -0.2) is 17.1 Å². The maximum absolute atomic E-state index is 5.54. The Bertz CT molecular complexity index is 847. The van der Waals surface area contributed by atoms with Crippen molar-refractivity contribution in [1.82, 2.24) is 9.97 Å². The van der Waals surface area contributed by atoms with Crippen LogP contribution in [0.25, 0.3) is 21.6 Å². The Hall–Kier alpha value is -1.72. The Morgan fingerprint density at radius 2 is 2.00 bits per heavy atom. The lowest BCUT2D eigenvalue weighted by atomic mass is 10.1. The summed E-state index contributed by atoms with van der Waals surface area (Å²) in [6.45, 7) is 4.29. The Labute approximate surface area is 132 Å². The number of rotatable bonds is 3. The lowest BCUT2D eigenvalue weighted by Crippen LogP contribution is -1.91. The van der Waals surface area contributed by atoms with Crippen molar-refractivity contribution in [2.45, 2.75) is 20.3 Å². The van der Waals surface area contributed by atoms with Gasteiger partial charge in [0.25, 0.3) is 0 Å². The van der Waals surface area contributed by atoms with Crippen molar-refractivity contribution in [2.75, 3.05) is 7.11 Å². The van der Waals surface area contributed by atoms with Gasteiger partial charge in [0, 0.05) is 15.8 Å². The number of aromatic nitrogens is 2. The molecule has 0 amide bonds. The van der Waals surface area contributed by atoms with Crippen molar-refractivity contribution in [2.24, 2.45) is 0 Å². The van der Waals surface area contributed by atoms with Crippen LogP contribution in [0, 0.1) is 11.6 Å². The number of hydrogen-bond donors (Lipinski definition) is 1. The van der Waals surface area contributed by atoms with Gasteiger partial charge < -0.3 is 9.72 Å². The summed E-state index contributed by atoms with van der Waals surface area (Å²) in [6, 6.07) is 7.82. The Balaban J connectivity index is 2.18. The summed E-state index contributed by atoms with van der Waals surface area (Å²) in [6.07, 6.45) is 0.979. The normalized spacial score (nSPS) is 11.0. The minimum absolute atomic E-state index is 0.770. The highest BCUT2D eigenvalue weighted by atomic mass is 32.1. The van der Waals surface area contributed by atoms with Gasteiger partial charge in [-0.3, -0.25) is 0 Å². The average Bonchev–Trinajstić information content (AvgIpc) is 2.83. The van der Waals surface area contributed by atoms with Gasteiger partial charge in [-0.25, -0.2) is 4.98 Å². The second-order valence-corrected chi connectivity index (χ2v) is 6.42. The van der Waals surface area contributed by atoms with Gasteiger partial charge >= 0.3 is 0 Å². The van der Waals surface area contributed by atoms with Crippen molar-refractivity contribution in [1.29, 1.82) is 0 Å². The van der Waals surface area contributed by atoms with Crippen molar-refractivity contribution >= 4 is 33.8 Å². The lowest BCUT2D eigenvalue weighted by Gasteiger charge is -2.04. The number of nitrogens with one attached hydrogen (secondary N) is 1. The summed E-state index contributed by atoms with van der Waals surface area (Å²) in [5.74, 6) is 1.64. The zero-order valence-corrected chi connectivity index (χ0v) is 13.8. The SMILES string of the molecule is CCc1c(C)sc2nc(-c3ccc(OC)cc3)[nH]c(=S)c12. The van der Waals surface area contributed by atoms with Crippen molar-refractivity contribution in [3.8, 4) is 17.1 Å². The number of benzene rings is 1. The molecular weight excluding hydrogens is 300 g/mol. The van der Waals surface area contributed by atoms with Crippen LogP contribution in [0.3, 0.4) is 0 Å². The summed E-state index contributed by atoms with van der Waals surface area (Å²) in [5.41, 5.74) is 2.32. The fourth-order valence-corrected chi connectivity index (χ4v) is 3.99. The smallest absolute Gasteiger partial charge is 0.140 e. The molecule has 3 nitrogen and oxygen atoms in total. The molecule has 0 radical (unpaired) electrons. The first-order valence-corrected chi connectivity index (χ1v) is 8.03. The molecule has 2 heterocycles. The molecule has 0 spiro atoms. The van der Waals surface area contributed by atoms with E-state index in [4.69, 9.17) is 21.9 Å². The number of ether oxygens (including phenoxy) is 1. The van der Waals surface area contributed by atoms with Crippen LogP contribution in [0.5, 0.6) is 5.75 Å². The Kier molecular flexibility index (Phi) is 3.78. The second kappa shape index (κ2) is 5.58. The van der Waals surface area contributed by atoms with Crippen LogP contribution in [0.1, 0.15) is 17.4 Å². The third-order valence-electron chi connectivity index (χ3n) is 3.58. The summed E-state index contributed by atoms with van der Waals surface area (Å²) >= 11 is 7.25. The van der Waals surface area contributed by atoms with E-state index in [1.54, 1.807) is 18.4 Å². The molecule has 0 aliphatic carbocycles. The van der Waals surface area contributed by atoms with E-state index >= 15 is 0 Å². The molecule has 0 bridgehead atoms. The lowest BCUT2D eigenvalue weighted by molar-refractivity contribution is 0.415. The van der Waals surface area contributed by atoms with Gasteiger partial charge in [0.1, 0.15) is 21.0 Å². The summed E-state index contributed by atoms with van der Waals surface area (Å²) < 4.78 is 5.95. The fourth-order valence-electron chi connectivity index (χ4n) is 2.49. The molecule has 0 aliphatic rings. The average molecular weight is 316 g/mol. The quantitative estimate of drug-likeness (QED) is 0.698. The predicted molar refractivity (Wildman–Crippen MR) is 90.9 cm³/mol. The number of H-pyrrole nitrogens is 1. The van der Waals surface area contributed by atoms with Gasteiger partial charge in [-0.05, 0) is 43.2 Å². The van der Waals surface area contributed by atoms with E-state index in [2.05, 4.69) is 18.8 Å². The van der Waals surface area contributed by atoms with Crippen LogP contribution in [-0.2, 0) is 6.42 Å². The molecular formula is C16H16N2OS2. The first-order valence-electron chi connectivity index (χ1n) is 6.80. The molecule has 1 aromatic carbocycles. The van der Waals surface area contributed by atoms with Gasteiger partial charge in [-0.1, -0.05) is 19.1 Å². The molecule has 3 rings (SSSR count). The molecule has 1 N–H and O–H groups in total. The zero-order chi connectivity index (χ0) is 15.0. The van der Waals surface area contributed by atoms with E-state index < -0.39 is 0 Å². The van der Waals surface area contributed by atoms with Gasteiger partial charge in [0.15, 0.2) is 0 Å². The maximum Gasteiger partial charge on any atom is 0.140 e. The molecule has 0 saturated heterocycles. The first kappa shape index (κ1) is 14.2.